The van der Waals surface area contributed by atoms with Gasteiger partial charge in [-0.2, -0.15) is 0 Å². The second-order valence-corrected chi connectivity index (χ2v) is 5.32. The van der Waals surface area contributed by atoms with Gasteiger partial charge in [0.05, 0.1) is 0 Å². The van der Waals surface area contributed by atoms with Gasteiger partial charge in [-0.05, 0) is 48.0 Å². The molecular weight excluding hydrogens is 294 g/mol. The summed E-state index contributed by atoms with van der Waals surface area (Å²) in [5.74, 6) is -1.30. The Labute approximate surface area is 125 Å². The first kappa shape index (κ1) is 15.3. The summed E-state index contributed by atoms with van der Waals surface area (Å²) in [5.41, 5.74) is 1.09. The van der Waals surface area contributed by atoms with E-state index in [0.717, 1.165) is 16.5 Å². The minimum absolute atomic E-state index is 0.231. The zero-order chi connectivity index (χ0) is 15.2. The van der Waals surface area contributed by atoms with Gasteiger partial charge in [-0.1, -0.05) is 6.07 Å². The standard InChI is InChI=1S/C16H12F2O2S/c17-13-3-5-14(6-4-13)21-10-11-1-7-15(18)12(9-11)2-8-16(19)20/h1-9H,10H2,(H,19,20). The number of carboxylic acid groups (broad SMARTS) is 1. The number of carboxylic acids is 1. The van der Waals surface area contributed by atoms with Gasteiger partial charge in [-0.3, -0.25) is 0 Å². The lowest BCUT2D eigenvalue weighted by atomic mass is 10.1. The van der Waals surface area contributed by atoms with Crippen molar-refractivity contribution in [3.63, 3.8) is 0 Å². The van der Waals surface area contributed by atoms with E-state index in [2.05, 4.69) is 0 Å². The van der Waals surface area contributed by atoms with Crippen LogP contribution < -0.4 is 0 Å². The van der Waals surface area contributed by atoms with Gasteiger partial charge in [0.1, 0.15) is 11.6 Å². The molecule has 0 spiro atoms. The van der Waals surface area contributed by atoms with Crippen LogP contribution in [0.25, 0.3) is 6.08 Å². The first-order valence-electron chi connectivity index (χ1n) is 6.12. The molecule has 2 rings (SSSR count). The maximum Gasteiger partial charge on any atom is 0.328 e. The molecule has 0 aliphatic rings. The van der Waals surface area contributed by atoms with Crippen LogP contribution >= 0.6 is 11.8 Å². The van der Waals surface area contributed by atoms with Crippen LogP contribution in [0, 0.1) is 11.6 Å². The molecule has 108 valence electrons. The van der Waals surface area contributed by atoms with Crippen LogP contribution in [0.5, 0.6) is 0 Å². The van der Waals surface area contributed by atoms with Crippen LogP contribution in [0.4, 0.5) is 8.78 Å². The average Bonchev–Trinajstić information content (AvgIpc) is 2.46. The fourth-order valence-electron chi connectivity index (χ4n) is 1.67. The van der Waals surface area contributed by atoms with Crippen LogP contribution in [0.15, 0.2) is 53.4 Å². The molecule has 0 heterocycles. The Balaban J connectivity index is 2.08. The van der Waals surface area contributed by atoms with E-state index in [1.807, 2.05) is 0 Å². The van der Waals surface area contributed by atoms with Crippen molar-refractivity contribution in [1.29, 1.82) is 0 Å². The quantitative estimate of drug-likeness (QED) is 0.659. The van der Waals surface area contributed by atoms with Gasteiger partial charge >= 0.3 is 5.97 Å². The Morgan fingerprint density at radius 3 is 2.52 bits per heavy atom. The minimum Gasteiger partial charge on any atom is -0.478 e. The molecule has 0 fully saturated rings. The van der Waals surface area contributed by atoms with Gasteiger partial charge in [0, 0.05) is 22.3 Å². The highest BCUT2D eigenvalue weighted by Crippen LogP contribution is 2.24. The van der Waals surface area contributed by atoms with Gasteiger partial charge in [-0.25, -0.2) is 13.6 Å². The van der Waals surface area contributed by atoms with Crippen LogP contribution in [-0.2, 0) is 10.5 Å². The van der Waals surface area contributed by atoms with E-state index in [0.29, 0.717) is 5.75 Å². The predicted octanol–water partition coefficient (Wildman–Crippen LogP) is 4.35. The van der Waals surface area contributed by atoms with E-state index < -0.39 is 11.8 Å². The van der Waals surface area contributed by atoms with Crippen LogP contribution in [0.1, 0.15) is 11.1 Å². The number of hydrogen-bond donors (Lipinski definition) is 1. The first-order chi connectivity index (χ1) is 10.0. The number of halogens is 2. The van der Waals surface area contributed by atoms with Crippen molar-refractivity contribution in [3.8, 4) is 0 Å². The maximum absolute atomic E-state index is 13.5. The highest BCUT2D eigenvalue weighted by molar-refractivity contribution is 7.98. The molecule has 0 atom stereocenters. The third kappa shape index (κ3) is 4.72. The summed E-state index contributed by atoms with van der Waals surface area (Å²) >= 11 is 1.49. The number of aliphatic carboxylic acids is 1. The van der Waals surface area contributed by atoms with Crippen LogP contribution in [0.3, 0.4) is 0 Å². The summed E-state index contributed by atoms with van der Waals surface area (Å²) in [4.78, 5) is 11.4. The first-order valence-corrected chi connectivity index (χ1v) is 7.11. The SMILES string of the molecule is O=C(O)C=Cc1cc(CSc2ccc(F)cc2)ccc1F. The van der Waals surface area contributed by atoms with Crippen molar-refractivity contribution < 1.29 is 18.7 Å². The highest BCUT2D eigenvalue weighted by atomic mass is 32.2. The number of benzene rings is 2. The van der Waals surface area contributed by atoms with Gasteiger partial charge in [-0.15, -0.1) is 11.8 Å². The maximum atomic E-state index is 13.5. The largest absolute Gasteiger partial charge is 0.478 e. The summed E-state index contributed by atoms with van der Waals surface area (Å²) in [6.07, 6.45) is 2.12. The van der Waals surface area contributed by atoms with Crippen molar-refractivity contribution in [2.45, 2.75) is 10.6 Å². The molecule has 1 N–H and O–H groups in total. The van der Waals surface area contributed by atoms with E-state index in [-0.39, 0.29) is 11.4 Å². The molecule has 2 aromatic carbocycles. The summed E-state index contributed by atoms with van der Waals surface area (Å²) < 4.78 is 26.3. The molecule has 0 unspecified atom stereocenters. The van der Waals surface area contributed by atoms with E-state index in [1.54, 1.807) is 24.3 Å². The molecule has 2 aromatic rings. The molecule has 0 aliphatic heterocycles. The van der Waals surface area contributed by atoms with Gasteiger partial charge in [0.25, 0.3) is 0 Å². The van der Waals surface area contributed by atoms with Gasteiger partial charge in [0.2, 0.25) is 0 Å². The minimum atomic E-state index is -1.12. The third-order valence-electron chi connectivity index (χ3n) is 2.69. The van der Waals surface area contributed by atoms with E-state index >= 15 is 0 Å². The molecular formula is C16H12F2O2S. The monoisotopic (exact) mass is 306 g/mol. The number of rotatable bonds is 5. The predicted molar refractivity (Wildman–Crippen MR) is 79.0 cm³/mol. The van der Waals surface area contributed by atoms with Crippen molar-refractivity contribution in [1.82, 2.24) is 0 Å². The van der Waals surface area contributed by atoms with Crippen LogP contribution in [-0.4, -0.2) is 11.1 Å². The molecule has 0 saturated carbocycles. The van der Waals surface area contributed by atoms with Gasteiger partial charge < -0.3 is 5.11 Å². The Hall–Kier alpha value is -2.14. The number of thioether (sulfide) groups is 1. The zero-order valence-electron chi connectivity index (χ0n) is 10.9. The lowest BCUT2D eigenvalue weighted by molar-refractivity contribution is -0.131. The Morgan fingerprint density at radius 1 is 1.14 bits per heavy atom. The van der Waals surface area contributed by atoms with E-state index in [4.69, 9.17) is 5.11 Å². The van der Waals surface area contributed by atoms with Gasteiger partial charge in [0.15, 0.2) is 0 Å². The topological polar surface area (TPSA) is 37.3 Å². The Bertz CT molecular complexity index is 666. The molecule has 0 aliphatic carbocycles. The second-order valence-electron chi connectivity index (χ2n) is 4.27. The fourth-order valence-corrected chi connectivity index (χ4v) is 2.51. The average molecular weight is 306 g/mol. The lowest BCUT2D eigenvalue weighted by Gasteiger charge is -2.04. The van der Waals surface area contributed by atoms with E-state index in [1.165, 1.54) is 36.0 Å². The van der Waals surface area contributed by atoms with Crippen molar-refractivity contribution in [3.05, 3.63) is 71.3 Å². The summed E-state index contributed by atoms with van der Waals surface area (Å²) in [6, 6.07) is 10.7. The molecule has 0 amide bonds. The van der Waals surface area contributed by atoms with Crippen molar-refractivity contribution in [2.24, 2.45) is 0 Å². The number of carbonyl (C=O) groups is 1. The normalized spacial score (nSPS) is 11.0. The van der Waals surface area contributed by atoms with Crippen molar-refractivity contribution in [2.75, 3.05) is 0 Å². The molecule has 0 aromatic heterocycles. The molecule has 0 radical (unpaired) electrons. The molecule has 0 saturated heterocycles. The second kappa shape index (κ2) is 7.04. The molecule has 2 nitrogen and oxygen atoms in total. The number of hydrogen-bond acceptors (Lipinski definition) is 2. The van der Waals surface area contributed by atoms with Crippen LogP contribution in [0.2, 0.25) is 0 Å². The Kier molecular flexibility index (Phi) is 5.11. The third-order valence-corrected chi connectivity index (χ3v) is 3.77. The fraction of sp³-hybridized carbons (Fsp3) is 0.0625. The highest BCUT2D eigenvalue weighted by Gasteiger charge is 2.03. The molecule has 21 heavy (non-hydrogen) atoms. The Morgan fingerprint density at radius 2 is 1.86 bits per heavy atom. The zero-order valence-corrected chi connectivity index (χ0v) is 11.7. The lowest BCUT2D eigenvalue weighted by Crippen LogP contribution is -1.90. The summed E-state index contributed by atoms with van der Waals surface area (Å²) in [5, 5.41) is 8.57. The van der Waals surface area contributed by atoms with E-state index in [9.17, 15) is 13.6 Å². The summed E-state index contributed by atoms with van der Waals surface area (Å²) in [6.45, 7) is 0. The summed E-state index contributed by atoms with van der Waals surface area (Å²) in [7, 11) is 0. The molecule has 5 heteroatoms. The molecule has 0 bridgehead atoms. The smallest absolute Gasteiger partial charge is 0.328 e. The van der Waals surface area contributed by atoms with Crippen molar-refractivity contribution >= 4 is 23.8 Å².